The molecule has 1 aliphatic heterocycles. The molecule has 0 spiro atoms. The summed E-state index contributed by atoms with van der Waals surface area (Å²) in [5.41, 5.74) is -0.168. The van der Waals surface area contributed by atoms with Gasteiger partial charge in [-0.25, -0.2) is 23.7 Å². The molecule has 0 amide bonds. The van der Waals surface area contributed by atoms with E-state index in [1.165, 1.54) is 0 Å². The molecule has 6 rings (SSSR count). The Labute approximate surface area is 219 Å². The van der Waals surface area contributed by atoms with Crippen molar-refractivity contribution in [1.82, 2.24) is 29.7 Å². The summed E-state index contributed by atoms with van der Waals surface area (Å²) >= 11 is 0. The van der Waals surface area contributed by atoms with Gasteiger partial charge < -0.3 is 9.64 Å². The number of alkyl halides is 3. The quantitative estimate of drug-likeness (QED) is 0.313. The van der Waals surface area contributed by atoms with Gasteiger partial charge in [-0.3, -0.25) is 4.68 Å². The molecule has 4 aromatic rings. The molecule has 3 aromatic heterocycles. The van der Waals surface area contributed by atoms with Crippen molar-refractivity contribution in [2.24, 2.45) is 0 Å². The lowest BCUT2D eigenvalue weighted by Gasteiger charge is -2.36. The summed E-state index contributed by atoms with van der Waals surface area (Å²) in [7, 11) is 0. The third kappa shape index (κ3) is 4.79. The van der Waals surface area contributed by atoms with Crippen molar-refractivity contribution < 1.29 is 26.7 Å². The summed E-state index contributed by atoms with van der Waals surface area (Å²) in [6.45, 7) is 6.03. The van der Waals surface area contributed by atoms with Gasteiger partial charge in [0.15, 0.2) is 5.65 Å². The molecule has 2 atom stereocenters. The lowest BCUT2D eigenvalue weighted by Crippen LogP contribution is -2.43. The molecule has 1 aromatic carbocycles. The van der Waals surface area contributed by atoms with Crippen LogP contribution in [0.1, 0.15) is 54.4 Å². The van der Waals surface area contributed by atoms with E-state index in [0.29, 0.717) is 36.6 Å². The zero-order chi connectivity index (χ0) is 27.6. The van der Waals surface area contributed by atoms with Crippen molar-refractivity contribution >= 4 is 17.1 Å². The summed E-state index contributed by atoms with van der Waals surface area (Å²) in [6, 6.07) is 1.04. The van der Waals surface area contributed by atoms with Gasteiger partial charge in [0.2, 0.25) is 5.95 Å². The lowest BCUT2D eigenvalue weighted by atomic mass is 10.1. The molecule has 0 N–H and O–H groups in total. The molecule has 1 saturated carbocycles. The van der Waals surface area contributed by atoms with Crippen LogP contribution >= 0.6 is 0 Å². The van der Waals surface area contributed by atoms with Crippen LogP contribution in [-0.4, -0.2) is 48.9 Å². The largest absolute Gasteiger partial charge is 0.419 e. The van der Waals surface area contributed by atoms with Gasteiger partial charge in [0.05, 0.1) is 41.8 Å². The fourth-order valence-electron chi connectivity index (χ4n) is 4.73. The van der Waals surface area contributed by atoms with E-state index in [2.05, 4.69) is 25.0 Å². The summed E-state index contributed by atoms with van der Waals surface area (Å²) in [5, 5.41) is 4.44. The molecule has 4 heterocycles. The molecular weight excluding hydrogens is 521 g/mol. The number of hydrogen-bond acceptors (Lipinski definition) is 7. The van der Waals surface area contributed by atoms with Gasteiger partial charge in [-0.15, -0.1) is 0 Å². The number of ether oxygens (including phenoxy) is 1. The highest BCUT2D eigenvalue weighted by Gasteiger charge is 2.36. The minimum Gasteiger partial charge on any atom is -0.367 e. The van der Waals surface area contributed by atoms with Crippen LogP contribution in [0.3, 0.4) is 0 Å². The number of nitrogens with zero attached hydrogens (tertiary/aromatic N) is 7. The van der Waals surface area contributed by atoms with E-state index in [9.17, 15) is 17.6 Å². The van der Waals surface area contributed by atoms with Crippen molar-refractivity contribution in [2.75, 3.05) is 18.0 Å². The Balaban J connectivity index is 1.45. The van der Waals surface area contributed by atoms with Gasteiger partial charge in [0.25, 0.3) is 0 Å². The maximum atomic E-state index is 15.1. The van der Waals surface area contributed by atoms with Crippen LogP contribution in [0.5, 0.6) is 0 Å². The summed E-state index contributed by atoms with van der Waals surface area (Å²) in [5.74, 6) is -2.74. The van der Waals surface area contributed by atoms with Gasteiger partial charge in [0.1, 0.15) is 28.9 Å². The number of fused-ring (bicyclic) bond motifs is 1. The topological polar surface area (TPSA) is 81.9 Å². The van der Waals surface area contributed by atoms with E-state index in [1.807, 2.05) is 22.7 Å². The molecule has 1 aliphatic carbocycles. The van der Waals surface area contributed by atoms with Crippen molar-refractivity contribution in [3.63, 3.8) is 0 Å². The Bertz CT molecular complexity index is 1580. The number of anilines is 1. The van der Waals surface area contributed by atoms with Crippen LogP contribution in [0.4, 0.5) is 27.9 Å². The molecule has 0 unspecified atom stereocenters. The average Bonchev–Trinajstić information content (AvgIpc) is 3.60. The number of aromatic nitrogens is 6. The first kappa shape index (κ1) is 25.5. The molecular formula is C26H24F5N7O. The number of hydrogen-bond donors (Lipinski definition) is 0. The Hall–Kier alpha value is -3.74. The van der Waals surface area contributed by atoms with Gasteiger partial charge in [0, 0.05) is 23.9 Å². The minimum absolute atomic E-state index is 0.0588. The smallest absolute Gasteiger partial charge is 0.367 e. The first-order valence-corrected chi connectivity index (χ1v) is 12.5. The molecule has 13 heteroatoms. The molecule has 0 radical (unpaired) electrons. The van der Waals surface area contributed by atoms with E-state index in [0.717, 1.165) is 18.4 Å². The van der Waals surface area contributed by atoms with Crippen molar-refractivity contribution in [3.05, 3.63) is 58.7 Å². The van der Waals surface area contributed by atoms with E-state index < -0.39 is 28.9 Å². The average molecular weight is 546 g/mol. The highest BCUT2D eigenvalue weighted by molar-refractivity contribution is 5.88. The van der Waals surface area contributed by atoms with E-state index >= 15 is 4.39 Å². The van der Waals surface area contributed by atoms with Crippen LogP contribution in [0.2, 0.25) is 0 Å². The first-order valence-electron chi connectivity index (χ1n) is 12.5. The van der Waals surface area contributed by atoms with Gasteiger partial charge >= 0.3 is 6.18 Å². The van der Waals surface area contributed by atoms with Crippen LogP contribution in [0.15, 0.2) is 24.5 Å². The van der Waals surface area contributed by atoms with E-state index in [-0.39, 0.29) is 41.1 Å². The van der Waals surface area contributed by atoms with Crippen molar-refractivity contribution in [1.29, 1.82) is 0 Å². The maximum absolute atomic E-state index is 15.1. The molecule has 8 nitrogen and oxygen atoms in total. The standard InChI is InChI=1S/C26H24F5N7O/c1-12-9-37(11-21(39-12)15-8-32-38(10-15)16-4-5-16)25-35-22(23-24(36-25)34-14(3)13(2)33-23)17-6-20(28)18(7-19(17)27)26(29,30)31/h6-8,10,12,16,21H,4-5,9,11H2,1-3H3/t12-,21+/m1/s1. The predicted molar refractivity (Wildman–Crippen MR) is 131 cm³/mol. The zero-order valence-electron chi connectivity index (χ0n) is 21.3. The summed E-state index contributed by atoms with van der Waals surface area (Å²) in [6.07, 6.45) is 0.264. The fraction of sp³-hybridized carbons (Fsp3) is 0.423. The first-order chi connectivity index (χ1) is 18.5. The van der Waals surface area contributed by atoms with Crippen LogP contribution < -0.4 is 4.90 Å². The minimum atomic E-state index is -5.05. The predicted octanol–water partition coefficient (Wildman–Crippen LogP) is 5.50. The van der Waals surface area contributed by atoms with Crippen LogP contribution in [0, 0.1) is 25.5 Å². The Morgan fingerprint density at radius 3 is 2.41 bits per heavy atom. The fourth-order valence-corrected chi connectivity index (χ4v) is 4.73. The zero-order valence-corrected chi connectivity index (χ0v) is 21.3. The van der Waals surface area contributed by atoms with Crippen molar-refractivity contribution in [3.8, 4) is 11.3 Å². The molecule has 2 fully saturated rings. The number of aryl methyl sites for hydroxylation is 2. The second kappa shape index (κ2) is 9.18. The second-order valence-electron chi connectivity index (χ2n) is 10.1. The highest BCUT2D eigenvalue weighted by Crippen LogP contribution is 2.38. The highest BCUT2D eigenvalue weighted by atomic mass is 19.4. The van der Waals surface area contributed by atoms with E-state index in [4.69, 9.17) is 4.74 Å². The van der Waals surface area contributed by atoms with Gasteiger partial charge in [-0.1, -0.05) is 0 Å². The summed E-state index contributed by atoms with van der Waals surface area (Å²) < 4.78 is 77.4. The molecule has 0 bridgehead atoms. The van der Waals surface area contributed by atoms with Crippen molar-refractivity contribution in [2.45, 2.75) is 58.0 Å². The molecule has 39 heavy (non-hydrogen) atoms. The normalized spacial score (nSPS) is 20.2. The van der Waals surface area contributed by atoms with Gasteiger partial charge in [-0.05, 0) is 45.7 Å². The maximum Gasteiger partial charge on any atom is 0.419 e. The third-order valence-electron chi connectivity index (χ3n) is 7.01. The van der Waals surface area contributed by atoms with Crippen LogP contribution in [0.25, 0.3) is 22.4 Å². The number of halogens is 5. The lowest BCUT2D eigenvalue weighted by molar-refractivity contribution is -0.140. The third-order valence-corrected chi connectivity index (χ3v) is 7.01. The summed E-state index contributed by atoms with van der Waals surface area (Å²) in [4.78, 5) is 19.8. The molecule has 2 aliphatic rings. The molecule has 1 saturated heterocycles. The number of rotatable bonds is 4. The Kier molecular flexibility index (Phi) is 6.01. The number of benzene rings is 1. The SMILES string of the molecule is Cc1nc2nc(N3C[C@@H](C)O[C@H](c4cnn(C5CC5)c4)C3)nc(-c3cc(F)c(C(F)(F)F)cc3F)c2nc1C. The second-order valence-corrected chi connectivity index (χ2v) is 10.1. The Morgan fingerprint density at radius 2 is 1.69 bits per heavy atom. The Morgan fingerprint density at radius 1 is 0.949 bits per heavy atom. The van der Waals surface area contributed by atoms with Gasteiger partial charge in [-0.2, -0.15) is 23.3 Å². The molecule has 204 valence electrons. The van der Waals surface area contributed by atoms with E-state index in [1.54, 1.807) is 20.0 Å². The van der Waals surface area contributed by atoms with Crippen LogP contribution in [-0.2, 0) is 10.9 Å². The number of morpholine rings is 1. The monoisotopic (exact) mass is 545 g/mol.